The molecule has 5 nitrogen and oxygen atoms in total. The van der Waals surface area contributed by atoms with Gasteiger partial charge in [-0.05, 0) is 17.3 Å². The van der Waals surface area contributed by atoms with Gasteiger partial charge in [0.2, 0.25) is 0 Å². The van der Waals surface area contributed by atoms with E-state index in [4.69, 9.17) is 11.6 Å². The van der Waals surface area contributed by atoms with Gasteiger partial charge in [0.25, 0.3) is 0 Å². The average Bonchev–Trinajstić information content (AvgIpc) is 2.69. The first-order valence-electron chi connectivity index (χ1n) is 4.88. The van der Waals surface area contributed by atoms with E-state index in [1.807, 2.05) is 0 Å². The molecule has 0 radical (unpaired) electrons. The first kappa shape index (κ1) is 12.6. The molecule has 1 aromatic carbocycles. The van der Waals surface area contributed by atoms with Gasteiger partial charge in [-0.15, -0.1) is 10.2 Å². The van der Waals surface area contributed by atoms with E-state index in [1.54, 1.807) is 0 Å². The van der Waals surface area contributed by atoms with Crippen molar-refractivity contribution in [2.45, 2.75) is 6.42 Å². The lowest BCUT2D eigenvalue weighted by molar-refractivity contribution is 0.0986. The molecule has 94 valence electrons. The SMILES string of the molecule is Cn1nnc(CC(=O)c2cc(F)c(Cl)cc2F)n1. The molecule has 18 heavy (non-hydrogen) atoms. The van der Waals surface area contributed by atoms with Crippen molar-refractivity contribution in [2.24, 2.45) is 7.05 Å². The minimum absolute atomic E-state index is 0.136. The smallest absolute Gasteiger partial charge is 0.182 e. The largest absolute Gasteiger partial charge is 0.294 e. The zero-order chi connectivity index (χ0) is 13.3. The number of carbonyl (C=O) groups excluding carboxylic acids is 1. The number of benzene rings is 1. The molecule has 0 unspecified atom stereocenters. The summed E-state index contributed by atoms with van der Waals surface area (Å²) in [6.07, 6.45) is -0.258. The van der Waals surface area contributed by atoms with E-state index >= 15 is 0 Å². The Morgan fingerprint density at radius 2 is 2.11 bits per heavy atom. The highest BCUT2D eigenvalue weighted by molar-refractivity contribution is 6.30. The van der Waals surface area contributed by atoms with Gasteiger partial charge >= 0.3 is 0 Å². The number of rotatable bonds is 3. The van der Waals surface area contributed by atoms with Gasteiger partial charge in [0.1, 0.15) is 11.6 Å². The van der Waals surface area contributed by atoms with Crippen LogP contribution in [0.3, 0.4) is 0 Å². The second-order valence-electron chi connectivity index (χ2n) is 3.54. The summed E-state index contributed by atoms with van der Waals surface area (Å²) < 4.78 is 26.6. The van der Waals surface area contributed by atoms with E-state index in [-0.39, 0.29) is 22.8 Å². The highest BCUT2D eigenvalue weighted by Gasteiger charge is 2.17. The second kappa shape index (κ2) is 4.77. The molecule has 0 amide bonds. The van der Waals surface area contributed by atoms with Crippen LogP contribution < -0.4 is 0 Å². The Balaban J connectivity index is 2.26. The summed E-state index contributed by atoms with van der Waals surface area (Å²) in [5.74, 6) is -2.24. The Morgan fingerprint density at radius 3 is 2.72 bits per heavy atom. The minimum Gasteiger partial charge on any atom is -0.294 e. The van der Waals surface area contributed by atoms with E-state index in [1.165, 1.54) is 11.8 Å². The third-order valence-electron chi connectivity index (χ3n) is 2.18. The molecule has 0 atom stereocenters. The summed E-state index contributed by atoms with van der Waals surface area (Å²) in [4.78, 5) is 12.9. The standard InChI is InChI=1S/C10H7ClF2N4O/c1-17-15-10(14-16-17)4-9(18)5-2-8(13)6(11)3-7(5)12/h2-3H,4H2,1H3. The number of tetrazole rings is 1. The van der Waals surface area contributed by atoms with Gasteiger partial charge in [0.05, 0.1) is 24.1 Å². The molecule has 1 aromatic heterocycles. The lowest BCUT2D eigenvalue weighted by Crippen LogP contribution is -2.08. The molecule has 2 rings (SSSR count). The molecule has 2 aromatic rings. The molecule has 0 bridgehead atoms. The predicted octanol–water partition coefficient (Wildman–Crippen LogP) is 1.57. The first-order valence-corrected chi connectivity index (χ1v) is 5.26. The second-order valence-corrected chi connectivity index (χ2v) is 3.95. The summed E-state index contributed by atoms with van der Waals surface area (Å²) in [7, 11) is 1.53. The van der Waals surface area contributed by atoms with E-state index < -0.39 is 17.4 Å². The van der Waals surface area contributed by atoms with Gasteiger partial charge in [-0.25, -0.2) is 8.78 Å². The Labute approximate surface area is 105 Å². The zero-order valence-corrected chi connectivity index (χ0v) is 9.95. The maximum absolute atomic E-state index is 13.5. The van der Waals surface area contributed by atoms with Gasteiger partial charge in [0.15, 0.2) is 11.6 Å². The van der Waals surface area contributed by atoms with Crippen molar-refractivity contribution >= 4 is 17.4 Å². The fourth-order valence-corrected chi connectivity index (χ4v) is 1.52. The molecule has 0 fully saturated rings. The van der Waals surface area contributed by atoms with Crippen molar-refractivity contribution in [1.82, 2.24) is 20.2 Å². The highest BCUT2D eigenvalue weighted by atomic mass is 35.5. The molecule has 8 heteroatoms. The summed E-state index contributed by atoms with van der Waals surface area (Å²) in [5, 5.41) is 10.5. The molecular weight excluding hydrogens is 266 g/mol. The summed E-state index contributed by atoms with van der Waals surface area (Å²) in [6.45, 7) is 0. The van der Waals surface area contributed by atoms with Crippen LogP contribution in [0.1, 0.15) is 16.2 Å². The van der Waals surface area contributed by atoms with E-state index in [2.05, 4.69) is 15.4 Å². The molecule has 0 aliphatic heterocycles. The molecule has 0 spiro atoms. The van der Waals surface area contributed by atoms with Crippen LogP contribution in [0, 0.1) is 11.6 Å². The average molecular weight is 273 g/mol. The number of aryl methyl sites for hydroxylation is 1. The molecule has 1 heterocycles. The number of ketones is 1. The number of hydrogen-bond acceptors (Lipinski definition) is 4. The summed E-state index contributed by atoms with van der Waals surface area (Å²) in [6, 6.07) is 1.52. The van der Waals surface area contributed by atoms with Crippen molar-refractivity contribution in [3.8, 4) is 0 Å². The van der Waals surface area contributed by atoms with Crippen molar-refractivity contribution < 1.29 is 13.6 Å². The summed E-state index contributed by atoms with van der Waals surface area (Å²) >= 11 is 5.39. The highest BCUT2D eigenvalue weighted by Crippen LogP contribution is 2.20. The first-order chi connectivity index (χ1) is 8.47. The van der Waals surface area contributed by atoms with Gasteiger partial charge in [0, 0.05) is 0 Å². The van der Waals surface area contributed by atoms with Crippen molar-refractivity contribution in [3.63, 3.8) is 0 Å². The van der Waals surface area contributed by atoms with Crippen molar-refractivity contribution in [2.75, 3.05) is 0 Å². The summed E-state index contributed by atoms with van der Waals surface area (Å²) in [5.41, 5.74) is -0.385. The molecule has 0 N–H and O–H groups in total. The maximum atomic E-state index is 13.5. The molecule has 0 saturated heterocycles. The van der Waals surface area contributed by atoms with Gasteiger partial charge in [-0.3, -0.25) is 4.79 Å². The Kier molecular flexibility index (Phi) is 3.33. The molecule has 0 saturated carbocycles. The van der Waals surface area contributed by atoms with Crippen LogP contribution in [-0.4, -0.2) is 26.0 Å². The van der Waals surface area contributed by atoms with Crippen LogP contribution >= 0.6 is 11.6 Å². The van der Waals surface area contributed by atoms with Crippen LogP contribution in [0.2, 0.25) is 5.02 Å². The Hall–Kier alpha value is -1.89. The molecular formula is C10H7ClF2N4O. The Morgan fingerprint density at radius 1 is 1.39 bits per heavy atom. The van der Waals surface area contributed by atoms with Gasteiger partial charge in [-0.2, -0.15) is 4.80 Å². The topological polar surface area (TPSA) is 60.7 Å². The van der Waals surface area contributed by atoms with Crippen LogP contribution in [0.25, 0.3) is 0 Å². The Bertz CT molecular complexity index is 614. The van der Waals surface area contributed by atoms with Crippen molar-refractivity contribution in [1.29, 1.82) is 0 Å². The van der Waals surface area contributed by atoms with E-state index in [9.17, 15) is 13.6 Å². The fourth-order valence-electron chi connectivity index (χ4n) is 1.37. The predicted molar refractivity (Wildman–Crippen MR) is 58.2 cm³/mol. The number of Topliss-reactive ketones (excluding diaryl/α,β-unsaturated/α-hetero) is 1. The maximum Gasteiger partial charge on any atom is 0.182 e. The number of carbonyl (C=O) groups is 1. The minimum atomic E-state index is -0.879. The number of hydrogen-bond donors (Lipinski definition) is 0. The van der Waals surface area contributed by atoms with E-state index in [0.29, 0.717) is 0 Å². The third kappa shape index (κ3) is 2.51. The van der Waals surface area contributed by atoms with Crippen molar-refractivity contribution in [3.05, 3.63) is 40.2 Å². The normalized spacial score (nSPS) is 10.7. The number of aromatic nitrogens is 4. The van der Waals surface area contributed by atoms with Crippen LogP contribution in [0.15, 0.2) is 12.1 Å². The van der Waals surface area contributed by atoms with Crippen LogP contribution in [0.5, 0.6) is 0 Å². The van der Waals surface area contributed by atoms with Crippen LogP contribution in [0.4, 0.5) is 8.78 Å². The fraction of sp³-hybridized carbons (Fsp3) is 0.200. The molecule has 0 aliphatic rings. The lowest BCUT2D eigenvalue weighted by atomic mass is 10.1. The number of nitrogens with zero attached hydrogens (tertiary/aromatic N) is 4. The molecule has 0 aliphatic carbocycles. The third-order valence-corrected chi connectivity index (χ3v) is 2.47. The van der Waals surface area contributed by atoms with Crippen LogP contribution in [-0.2, 0) is 13.5 Å². The zero-order valence-electron chi connectivity index (χ0n) is 9.19. The number of halogens is 3. The van der Waals surface area contributed by atoms with Gasteiger partial charge < -0.3 is 0 Å². The monoisotopic (exact) mass is 272 g/mol. The quantitative estimate of drug-likeness (QED) is 0.628. The lowest BCUT2D eigenvalue weighted by Gasteiger charge is -2.02. The van der Waals surface area contributed by atoms with E-state index in [0.717, 1.165) is 12.1 Å². The van der Waals surface area contributed by atoms with Gasteiger partial charge in [-0.1, -0.05) is 11.6 Å².